The van der Waals surface area contributed by atoms with E-state index < -0.39 is 0 Å². The van der Waals surface area contributed by atoms with Crippen molar-refractivity contribution in [1.29, 1.82) is 0 Å². The van der Waals surface area contributed by atoms with Crippen molar-refractivity contribution in [2.24, 2.45) is 0 Å². The molecule has 258 valence electrons. The maximum Gasteiger partial charge on any atom is 0.227 e. The quantitative estimate of drug-likeness (QED) is 0.177. The first-order chi connectivity index (χ1) is 27.2. The van der Waals surface area contributed by atoms with E-state index in [4.69, 9.17) is 13.8 Å². The summed E-state index contributed by atoms with van der Waals surface area (Å²) in [5.41, 5.74) is 10.7. The van der Waals surface area contributed by atoms with Gasteiger partial charge in [-0.3, -0.25) is 0 Å². The second kappa shape index (κ2) is 11.7. The maximum atomic E-state index is 6.46. The van der Waals surface area contributed by atoms with Gasteiger partial charge in [0, 0.05) is 76.1 Å². The van der Waals surface area contributed by atoms with Gasteiger partial charge in [0.2, 0.25) is 5.89 Å². The highest BCUT2D eigenvalue weighted by Gasteiger charge is 2.21. The Morgan fingerprint density at radius 2 is 1.09 bits per heavy atom. The van der Waals surface area contributed by atoms with Crippen molar-refractivity contribution in [1.82, 2.24) is 9.55 Å². The average molecular weight is 724 g/mol. The maximum absolute atomic E-state index is 6.46. The highest BCUT2D eigenvalue weighted by atomic mass is 32.1. The Balaban J connectivity index is 1.08. The summed E-state index contributed by atoms with van der Waals surface area (Å²) in [6.45, 7) is 0. The van der Waals surface area contributed by atoms with Crippen LogP contribution in [0.25, 0.3) is 92.2 Å². The summed E-state index contributed by atoms with van der Waals surface area (Å²) in [5.74, 6) is 0.597. The molecular weight excluding hydrogens is 695 g/mol. The minimum absolute atomic E-state index is 0.597. The van der Waals surface area contributed by atoms with Gasteiger partial charge in [0.15, 0.2) is 5.58 Å². The Bertz CT molecular complexity index is 3450. The minimum atomic E-state index is 0.597. The molecule has 0 fully saturated rings. The molecule has 0 aliphatic heterocycles. The van der Waals surface area contributed by atoms with E-state index in [0.29, 0.717) is 5.89 Å². The normalized spacial score (nSPS) is 12.0. The van der Waals surface area contributed by atoms with Gasteiger partial charge in [0.1, 0.15) is 16.7 Å². The van der Waals surface area contributed by atoms with Gasteiger partial charge < -0.3 is 18.3 Å². The SMILES string of the molecule is c1ccc(-c2nc3cc4oc5ccc(N(c6ccc7c(c6)sc6ccccc67)c6ccc7c(c6)c6ccccc6n7-c6ccccc6)cc5c4cc3o2)cc1. The fraction of sp³-hybridized carbons (Fsp3) is 0. The minimum Gasteiger partial charge on any atom is -0.456 e. The van der Waals surface area contributed by atoms with Gasteiger partial charge in [0.05, 0.1) is 11.0 Å². The molecule has 0 bridgehead atoms. The van der Waals surface area contributed by atoms with Crippen molar-refractivity contribution in [3.05, 3.63) is 176 Å². The van der Waals surface area contributed by atoms with Crippen LogP contribution >= 0.6 is 11.3 Å². The smallest absolute Gasteiger partial charge is 0.227 e. The molecule has 5 nitrogen and oxygen atoms in total. The van der Waals surface area contributed by atoms with E-state index >= 15 is 0 Å². The molecule has 8 aromatic carbocycles. The highest BCUT2D eigenvalue weighted by Crippen LogP contribution is 2.44. The Morgan fingerprint density at radius 1 is 0.436 bits per heavy atom. The number of fused-ring (bicyclic) bond motifs is 10. The fourth-order valence-electron chi connectivity index (χ4n) is 8.28. The van der Waals surface area contributed by atoms with Gasteiger partial charge in [-0.25, -0.2) is 4.98 Å². The van der Waals surface area contributed by atoms with Crippen LogP contribution in [-0.2, 0) is 0 Å². The number of furan rings is 1. The first-order valence-corrected chi connectivity index (χ1v) is 19.2. The molecule has 0 amide bonds. The lowest BCUT2D eigenvalue weighted by Crippen LogP contribution is -2.09. The number of thiophene rings is 1. The molecule has 0 atom stereocenters. The molecular formula is C49H29N3O2S. The Kier molecular flexibility index (Phi) is 6.44. The third-order valence-electron chi connectivity index (χ3n) is 10.8. The van der Waals surface area contributed by atoms with Crippen molar-refractivity contribution in [3.8, 4) is 17.1 Å². The Morgan fingerprint density at radius 3 is 1.96 bits per heavy atom. The largest absolute Gasteiger partial charge is 0.456 e. The Labute approximate surface area is 318 Å². The number of nitrogens with zero attached hydrogens (tertiary/aromatic N) is 3. The van der Waals surface area contributed by atoms with E-state index in [-0.39, 0.29) is 0 Å². The monoisotopic (exact) mass is 723 g/mol. The van der Waals surface area contributed by atoms with Crippen LogP contribution in [-0.4, -0.2) is 9.55 Å². The molecule has 0 saturated carbocycles. The zero-order chi connectivity index (χ0) is 36.0. The van der Waals surface area contributed by atoms with E-state index in [0.717, 1.165) is 61.4 Å². The molecule has 0 spiro atoms. The molecule has 0 unspecified atom stereocenters. The molecule has 0 saturated heterocycles. The predicted molar refractivity (Wildman–Crippen MR) is 229 cm³/mol. The molecule has 55 heavy (non-hydrogen) atoms. The molecule has 4 heterocycles. The lowest BCUT2D eigenvalue weighted by atomic mass is 10.1. The molecule has 4 aromatic heterocycles. The topological polar surface area (TPSA) is 47.3 Å². The zero-order valence-electron chi connectivity index (χ0n) is 29.3. The first kappa shape index (κ1) is 30.3. The summed E-state index contributed by atoms with van der Waals surface area (Å²) < 4.78 is 17.7. The third-order valence-corrected chi connectivity index (χ3v) is 11.9. The number of oxazole rings is 1. The predicted octanol–water partition coefficient (Wildman–Crippen LogP) is 14.3. The van der Waals surface area contributed by atoms with E-state index in [2.05, 4.69) is 149 Å². The average Bonchev–Trinajstić information content (AvgIpc) is 4.00. The summed E-state index contributed by atoms with van der Waals surface area (Å²) >= 11 is 1.83. The molecule has 6 heteroatoms. The van der Waals surface area contributed by atoms with Crippen LogP contribution < -0.4 is 4.90 Å². The number of hydrogen-bond donors (Lipinski definition) is 0. The molecule has 0 aliphatic rings. The standard InChI is InChI=1S/C49H29N3O2S/c1-3-11-30(12-4-1)49-50-41-29-45-40(28-46(41)54-49)39-26-33(21-24-44(39)53-45)51(34-19-22-37-36-16-8-10-18-47(36)55-48(37)27-34)32-20-23-43-38(25-32)35-15-7-9-17-42(35)52(43)31-13-5-2-6-14-31/h1-29H. The van der Waals surface area contributed by atoms with Gasteiger partial charge in [-0.15, -0.1) is 11.3 Å². The van der Waals surface area contributed by atoms with E-state index in [1.165, 1.54) is 42.0 Å². The second-order valence-electron chi connectivity index (χ2n) is 14.0. The van der Waals surface area contributed by atoms with Crippen LogP contribution in [0.5, 0.6) is 0 Å². The fourth-order valence-corrected chi connectivity index (χ4v) is 9.42. The van der Waals surface area contributed by atoms with Crippen molar-refractivity contribution >= 4 is 103 Å². The summed E-state index contributed by atoms with van der Waals surface area (Å²) in [6, 6.07) is 62.2. The van der Waals surface area contributed by atoms with Crippen LogP contribution in [0.3, 0.4) is 0 Å². The first-order valence-electron chi connectivity index (χ1n) is 18.4. The summed E-state index contributed by atoms with van der Waals surface area (Å²) in [6.07, 6.45) is 0. The number of para-hydroxylation sites is 2. The lowest BCUT2D eigenvalue weighted by Gasteiger charge is -2.26. The number of aromatic nitrogens is 2. The molecule has 12 rings (SSSR count). The van der Waals surface area contributed by atoms with Crippen molar-refractivity contribution < 1.29 is 8.83 Å². The molecule has 0 aliphatic carbocycles. The highest BCUT2D eigenvalue weighted by molar-refractivity contribution is 7.25. The second-order valence-corrected chi connectivity index (χ2v) is 15.1. The van der Waals surface area contributed by atoms with Crippen LogP contribution in [0, 0.1) is 0 Å². The van der Waals surface area contributed by atoms with Gasteiger partial charge >= 0.3 is 0 Å². The van der Waals surface area contributed by atoms with Crippen molar-refractivity contribution in [2.75, 3.05) is 4.90 Å². The van der Waals surface area contributed by atoms with Gasteiger partial charge in [-0.2, -0.15) is 0 Å². The number of benzene rings is 8. The summed E-state index contributed by atoms with van der Waals surface area (Å²) in [5, 5.41) is 6.97. The summed E-state index contributed by atoms with van der Waals surface area (Å²) in [4.78, 5) is 7.17. The van der Waals surface area contributed by atoms with Gasteiger partial charge in [-0.05, 0) is 91.0 Å². The van der Waals surface area contributed by atoms with Gasteiger partial charge in [-0.1, -0.05) is 78.9 Å². The van der Waals surface area contributed by atoms with Crippen molar-refractivity contribution in [2.45, 2.75) is 0 Å². The number of anilines is 3. The van der Waals surface area contributed by atoms with E-state index in [1.807, 2.05) is 47.7 Å². The number of rotatable bonds is 5. The van der Waals surface area contributed by atoms with Gasteiger partial charge in [0.25, 0.3) is 0 Å². The molecule has 12 aromatic rings. The van der Waals surface area contributed by atoms with E-state index in [9.17, 15) is 0 Å². The lowest BCUT2D eigenvalue weighted by molar-refractivity contribution is 0.620. The van der Waals surface area contributed by atoms with Crippen LogP contribution in [0.4, 0.5) is 17.1 Å². The van der Waals surface area contributed by atoms with Crippen LogP contribution in [0.2, 0.25) is 0 Å². The van der Waals surface area contributed by atoms with Crippen LogP contribution in [0.1, 0.15) is 0 Å². The third kappa shape index (κ3) is 4.68. The Hall–Kier alpha value is -7.15. The summed E-state index contributed by atoms with van der Waals surface area (Å²) in [7, 11) is 0. The van der Waals surface area contributed by atoms with Crippen LogP contribution in [0.15, 0.2) is 185 Å². The molecule has 0 radical (unpaired) electrons. The number of hydrogen-bond acceptors (Lipinski definition) is 5. The zero-order valence-corrected chi connectivity index (χ0v) is 30.1. The molecule has 0 N–H and O–H groups in total. The van der Waals surface area contributed by atoms with Crippen molar-refractivity contribution in [3.63, 3.8) is 0 Å². The van der Waals surface area contributed by atoms with E-state index in [1.54, 1.807) is 0 Å².